The quantitative estimate of drug-likeness (QED) is 0.912. The molecule has 0 aliphatic rings. The Bertz CT molecular complexity index is 691. The predicted octanol–water partition coefficient (Wildman–Crippen LogP) is 2.43. The molecular weight excluding hydrogens is 240 g/mol. The van der Waals surface area contributed by atoms with E-state index in [9.17, 15) is 4.79 Å². The average Bonchev–Trinajstić information content (AvgIpc) is 2.46. The van der Waals surface area contributed by atoms with Crippen LogP contribution in [0.15, 0.2) is 41.2 Å². The molecule has 0 atom stereocenters. The van der Waals surface area contributed by atoms with E-state index in [4.69, 9.17) is 10.00 Å². The molecule has 0 amide bonds. The van der Waals surface area contributed by atoms with E-state index in [1.54, 1.807) is 19.3 Å². The highest BCUT2D eigenvalue weighted by Gasteiger charge is 1.97. The van der Waals surface area contributed by atoms with Gasteiger partial charge >= 0.3 is 0 Å². The van der Waals surface area contributed by atoms with E-state index < -0.39 is 0 Å². The van der Waals surface area contributed by atoms with Crippen LogP contribution in [0.5, 0.6) is 5.75 Å². The number of methoxy groups -OCH3 is 1. The molecule has 0 saturated carbocycles. The molecule has 1 heterocycles. The Kier molecular flexibility index (Phi) is 3.79. The summed E-state index contributed by atoms with van der Waals surface area (Å²) in [6.45, 7) is 0. The van der Waals surface area contributed by atoms with E-state index >= 15 is 0 Å². The molecule has 0 radical (unpaired) electrons. The zero-order valence-electron chi connectivity index (χ0n) is 10.4. The normalized spacial score (nSPS) is 10.3. The standard InChI is InChI=1S/C15H12N2O2/c1-19-14-8-3-11(4-9-14)2-6-13-7-5-12(10-16)15(18)17-13/h2-9H,1H3,(H,17,18). The second-order valence-corrected chi connectivity index (χ2v) is 3.87. The van der Waals surface area contributed by atoms with Crippen molar-refractivity contribution in [2.75, 3.05) is 7.11 Å². The number of hydrogen-bond donors (Lipinski definition) is 1. The number of benzene rings is 1. The summed E-state index contributed by atoms with van der Waals surface area (Å²) in [6.07, 6.45) is 3.65. The molecule has 1 N–H and O–H groups in total. The molecule has 0 aliphatic heterocycles. The van der Waals surface area contributed by atoms with Gasteiger partial charge in [-0.25, -0.2) is 0 Å². The van der Waals surface area contributed by atoms with Crippen molar-refractivity contribution in [2.45, 2.75) is 0 Å². The summed E-state index contributed by atoms with van der Waals surface area (Å²) >= 11 is 0. The van der Waals surface area contributed by atoms with Crippen molar-refractivity contribution in [2.24, 2.45) is 0 Å². The van der Waals surface area contributed by atoms with Crippen molar-refractivity contribution in [3.8, 4) is 11.8 Å². The van der Waals surface area contributed by atoms with E-state index in [0.717, 1.165) is 11.3 Å². The van der Waals surface area contributed by atoms with Gasteiger partial charge in [-0.1, -0.05) is 18.2 Å². The van der Waals surface area contributed by atoms with E-state index in [0.29, 0.717) is 5.69 Å². The van der Waals surface area contributed by atoms with Crippen LogP contribution in [0.2, 0.25) is 0 Å². The molecule has 0 aliphatic carbocycles. The monoisotopic (exact) mass is 252 g/mol. The summed E-state index contributed by atoms with van der Waals surface area (Å²) in [7, 11) is 1.62. The number of nitriles is 1. The van der Waals surface area contributed by atoms with E-state index in [1.807, 2.05) is 36.4 Å². The molecule has 1 aromatic heterocycles. The van der Waals surface area contributed by atoms with Crippen LogP contribution in [0.4, 0.5) is 0 Å². The first-order valence-electron chi connectivity index (χ1n) is 5.68. The molecule has 0 saturated heterocycles. The van der Waals surface area contributed by atoms with Crippen molar-refractivity contribution in [3.05, 3.63) is 63.6 Å². The molecule has 2 aromatic rings. The van der Waals surface area contributed by atoms with Gasteiger partial charge in [0.2, 0.25) is 0 Å². The van der Waals surface area contributed by atoms with Crippen LogP contribution in [0, 0.1) is 11.3 Å². The number of aromatic amines is 1. The molecule has 0 fully saturated rings. The molecule has 94 valence electrons. The molecular formula is C15H12N2O2. The number of nitrogens with zero attached hydrogens (tertiary/aromatic N) is 1. The number of rotatable bonds is 3. The third kappa shape index (κ3) is 3.11. The molecule has 1 aromatic carbocycles. The maximum atomic E-state index is 11.4. The van der Waals surface area contributed by atoms with Crippen molar-refractivity contribution in [3.63, 3.8) is 0 Å². The maximum absolute atomic E-state index is 11.4. The Morgan fingerprint density at radius 1 is 1.16 bits per heavy atom. The third-order valence-electron chi connectivity index (χ3n) is 2.62. The molecule has 0 unspecified atom stereocenters. The Morgan fingerprint density at radius 3 is 2.47 bits per heavy atom. The lowest BCUT2D eigenvalue weighted by Gasteiger charge is -1.99. The number of ether oxygens (including phenoxy) is 1. The lowest BCUT2D eigenvalue weighted by Crippen LogP contribution is -2.10. The predicted molar refractivity (Wildman–Crippen MR) is 73.7 cm³/mol. The highest BCUT2D eigenvalue weighted by molar-refractivity contribution is 5.68. The fourth-order valence-electron chi connectivity index (χ4n) is 1.58. The lowest BCUT2D eigenvalue weighted by molar-refractivity contribution is 0.415. The molecule has 0 spiro atoms. The first kappa shape index (κ1) is 12.7. The first-order valence-corrected chi connectivity index (χ1v) is 5.68. The second-order valence-electron chi connectivity index (χ2n) is 3.87. The molecule has 4 heteroatoms. The minimum Gasteiger partial charge on any atom is -0.497 e. The third-order valence-corrected chi connectivity index (χ3v) is 2.62. The van der Waals surface area contributed by atoms with E-state index in [-0.39, 0.29) is 11.1 Å². The summed E-state index contributed by atoms with van der Waals surface area (Å²) in [5, 5.41) is 8.67. The second kappa shape index (κ2) is 5.69. The number of nitrogens with one attached hydrogen (secondary N) is 1. The van der Waals surface area contributed by atoms with Gasteiger partial charge in [-0.05, 0) is 35.9 Å². The Hall–Kier alpha value is -2.80. The average molecular weight is 252 g/mol. The topological polar surface area (TPSA) is 65.9 Å². The van der Waals surface area contributed by atoms with Crippen LogP contribution < -0.4 is 10.3 Å². The minimum atomic E-state index is -0.376. The van der Waals surface area contributed by atoms with Crippen LogP contribution in [-0.4, -0.2) is 12.1 Å². The number of hydrogen-bond acceptors (Lipinski definition) is 3. The van der Waals surface area contributed by atoms with Crippen molar-refractivity contribution < 1.29 is 4.74 Å². The van der Waals surface area contributed by atoms with Crippen LogP contribution in [0.1, 0.15) is 16.8 Å². The molecule has 2 rings (SSSR count). The van der Waals surface area contributed by atoms with Gasteiger partial charge in [-0.3, -0.25) is 4.79 Å². The van der Waals surface area contributed by atoms with Crippen LogP contribution in [0.25, 0.3) is 12.2 Å². The number of pyridine rings is 1. The number of aromatic nitrogens is 1. The molecule has 4 nitrogen and oxygen atoms in total. The van der Waals surface area contributed by atoms with Gasteiger partial charge in [0.05, 0.1) is 7.11 Å². The van der Waals surface area contributed by atoms with Gasteiger partial charge in [0.1, 0.15) is 17.4 Å². The zero-order valence-corrected chi connectivity index (χ0v) is 10.4. The maximum Gasteiger partial charge on any atom is 0.266 e. The minimum absolute atomic E-state index is 0.113. The molecule has 0 bridgehead atoms. The van der Waals surface area contributed by atoms with Crippen LogP contribution in [-0.2, 0) is 0 Å². The Balaban J connectivity index is 2.20. The summed E-state index contributed by atoms with van der Waals surface area (Å²) in [4.78, 5) is 14.1. The van der Waals surface area contributed by atoms with Gasteiger partial charge < -0.3 is 9.72 Å². The van der Waals surface area contributed by atoms with Gasteiger partial charge in [0.15, 0.2) is 0 Å². The van der Waals surface area contributed by atoms with Gasteiger partial charge in [-0.2, -0.15) is 5.26 Å². The van der Waals surface area contributed by atoms with Crippen molar-refractivity contribution in [1.29, 1.82) is 5.26 Å². The summed E-state index contributed by atoms with van der Waals surface area (Å²) in [5.41, 5.74) is 1.38. The smallest absolute Gasteiger partial charge is 0.266 e. The first-order chi connectivity index (χ1) is 9.22. The Morgan fingerprint density at radius 2 is 1.89 bits per heavy atom. The summed E-state index contributed by atoms with van der Waals surface area (Å²) < 4.78 is 5.07. The van der Waals surface area contributed by atoms with Gasteiger partial charge in [0, 0.05) is 5.69 Å². The van der Waals surface area contributed by atoms with E-state index in [1.165, 1.54) is 6.07 Å². The molecule has 19 heavy (non-hydrogen) atoms. The lowest BCUT2D eigenvalue weighted by atomic mass is 10.2. The van der Waals surface area contributed by atoms with E-state index in [2.05, 4.69) is 4.98 Å². The van der Waals surface area contributed by atoms with Crippen LogP contribution in [0.3, 0.4) is 0 Å². The van der Waals surface area contributed by atoms with Gasteiger partial charge in [0.25, 0.3) is 5.56 Å². The Labute approximate surface area is 110 Å². The largest absolute Gasteiger partial charge is 0.497 e. The zero-order chi connectivity index (χ0) is 13.7. The summed E-state index contributed by atoms with van der Waals surface area (Å²) in [5.74, 6) is 0.795. The fourth-order valence-corrected chi connectivity index (χ4v) is 1.58. The summed E-state index contributed by atoms with van der Waals surface area (Å²) in [6, 6.07) is 12.6. The van der Waals surface area contributed by atoms with Crippen LogP contribution >= 0.6 is 0 Å². The highest BCUT2D eigenvalue weighted by atomic mass is 16.5. The van der Waals surface area contributed by atoms with Crippen molar-refractivity contribution >= 4 is 12.2 Å². The highest BCUT2D eigenvalue weighted by Crippen LogP contribution is 2.13. The van der Waals surface area contributed by atoms with Crippen molar-refractivity contribution in [1.82, 2.24) is 4.98 Å². The van der Waals surface area contributed by atoms with Gasteiger partial charge in [-0.15, -0.1) is 0 Å². The fraction of sp³-hybridized carbons (Fsp3) is 0.0667. The number of H-pyrrole nitrogens is 1. The SMILES string of the molecule is COc1ccc(C=Cc2ccc(C#N)c(=O)[nH]2)cc1.